The van der Waals surface area contributed by atoms with E-state index in [1.807, 2.05) is 0 Å². The summed E-state index contributed by atoms with van der Waals surface area (Å²) in [5.74, 6) is 1.30. The van der Waals surface area contributed by atoms with Crippen molar-refractivity contribution in [1.82, 2.24) is 4.57 Å². The fourth-order valence-electron chi connectivity index (χ4n) is 4.07. The SMILES string of the molecule is CCC1CCC(n2c(C)cc3c2CCCC3=O)CC1. The summed E-state index contributed by atoms with van der Waals surface area (Å²) >= 11 is 0. The molecule has 0 saturated heterocycles. The molecule has 1 saturated carbocycles. The molecule has 0 unspecified atom stereocenters. The summed E-state index contributed by atoms with van der Waals surface area (Å²) in [5.41, 5.74) is 3.68. The summed E-state index contributed by atoms with van der Waals surface area (Å²) in [7, 11) is 0. The molecule has 1 aromatic heterocycles. The maximum atomic E-state index is 12.0. The van der Waals surface area contributed by atoms with Crippen LogP contribution >= 0.6 is 0 Å². The fourth-order valence-corrected chi connectivity index (χ4v) is 4.07. The van der Waals surface area contributed by atoms with Crippen molar-refractivity contribution in [3.8, 4) is 0 Å². The first-order valence-corrected chi connectivity index (χ1v) is 7.94. The monoisotopic (exact) mass is 259 g/mol. The van der Waals surface area contributed by atoms with Gasteiger partial charge in [-0.3, -0.25) is 4.79 Å². The number of rotatable bonds is 2. The molecule has 0 aromatic carbocycles. The molecule has 19 heavy (non-hydrogen) atoms. The van der Waals surface area contributed by atoms with E-state index < -0.39 is 0 Å². The standard InChI is InChI=1S/C17H25NO/c1-3-13-7-9-14(10-8-13)18-12(2)11-15-16(18)5-4-6-17(15)19/h11,13-14H,3-10H2,1-2H3. The van der Waals surface area contributed by atoms with Gasteiger partial charge in [-0.25, -0.2) is 0 Å². The summed E-state index contributed by atoms with van der Waals surface area (Å²) in [6, 6.07) is 2.79. The second-order valence-corrected chi connectivity index (χ2v) is 6.38. The molecule has 1 aromatic rings. The first-order valence-electron chi connectivity index (χ1n) is 7.94. The molecule has 2 aliphatic rings. The van der Waals surface area contributed by atoms with E-state index in [2.05, 4.69) is 24.5 Å². The second kappa shape index (κ2) is 5.15. The molecular formula is C17H25NO. The topological polar surface area (TPSA) is 22.0 Å². The van der Waals surface area contributed by atoms with Gasteiger partial charge in [0, 0.05) is 29.4 Å². The van der Waals surface area contributed by atoms with E-state index >= 15 is 0 Å². The average Bonchev–Trinajstić information content (AvgIpc) is 2.77. The molecule has 0 N–H and O–H groups in total. The molecule has 1 heterocycles. The van der Waals surface area contributed by atoms with E-state index in [9.17, 15) is 4.79 Å². The van der Waals surface area contributed by atoms with Crippen molar-refractivity contribution in [3.05, 3.63) is 23.0 Å². The first kappa shape index (κ1) is 13.0. The molecule has 0 aliphatic heterocycles. The Kier molecular flexibility index (Phi) is 3.51. The van der Waals surface area contributed by atoms with Gasteiger partial charge in [0.1, 0.15) is 0 Å². The van der Waals surface area contributed by atoms with Gasteiger partial charge in [0.15, 0.2) is 5.78 Å². The van der Waals surface area contributed by atoms with Gasteiger partial charge in [0.05, 0.1) is 0 Å². The molecule has 0 bridgehead atoms. The number of aromatic nitrogens is 1. The molecule has 2 aliphatic carbocycles. The van der Waals surface area contributed by atoms with Crippen molar-refractivity contribution in [1.29, 1.82) is 0 Å². The van der Waals surface area contributed by atoms with E-state index in [0.29, 0.717) is 11.8 Å². The number of ketones is 1. The van der Waals surface area contributed by atoms with Crippen LogP contribution in [0.5, 0.6) is 0 Å². The minimum Gasteiger partial charge on any atom is -0.345 e. The normalized spacial score (nSPS) is 27.4. The Bertz CT molecular complexity index is 478. The van der Waals surface area contributed by atoms with Crippen molar-refractivity contribution in [2.45, 2.75) is 71.3 Å². The summed E-state index contributed by atoms with van der Waals surface area (Å²) in [5, 5.41) is 0. The van der Waals surface area contributed by atoms with E-state index in [1.165, 1.54) is 43.5 Å². The largest absolute Gasteiger partial charge is 0.345 e. The summed E-state index contributed by atoms with van der Waals surface area (Å²) < 4.78 is 2.51. The number of carbonyl (C=O) groups excluding carboxylic acids is 1. The van der Waals surface area contributed by atoms with E-state index in [4.69, 9.17) is 0 Å². The minimum absolute atomic E-state index is 0.366. The van der Waals surface area contributed by atoms with Crippen LogP contribution in [0.2, 0.25) is 0 Å². The lowest BCUT2D eigenvalue weighted by Gasteiger charge is -2.32. The minimum atomic E-state index is 0.366. The molecule has 0 radical (unpaired) electrons. The van der Waals surface area contributed by atoms with Crippen molar-refractivity contribution in [2.75, 3.05) is 0 Å². The molecule has 0 spiro atoms. The van der Waals surface area contributed by atoms with E-state index in [-0.39, 0.29) is 0 Å². The molecule has 0 amide bonds. The quantitative estimate of drug-likeness (QED) is 0.768. The lowest BCUT2D eigenvalue weighted by Crippen LogP contribution is -2.22. The molecule has 2 nitrogen and oxygen atoms in total. The molecule has 1 fully saturated rings. The zero-order valence-electron chi connectivity index (χ0n) is 12.2. The smallest absolute Gasteiger partial charge is 0.164 e. The Labute approximate surface area is 116 Å². The third-order valence-electron chi connectivity index (χ3n) is 5.21. The Morgan fingerprint density at radius 1 is 1.21 bits per heavy atom. The van der Waals surface area contributed by atoms with Crippen LogP contribution in [-0.2, 0) is 6.42 Å². The molecule has 3 rings (SSSR count). The van der Waals surface area contributed by atoms with Crippen molar-refractivity contribution >= 4 is 5.78 Å². The highest BCUT2D eigenvalue weighted by atomic mass is 16.1. The predicted molar refractivity (Wildman–Crippen MR) is 77.7 cm³/mol. The van der Waals surface area contributed by atoms with Crippen LogP contribution in [0, 0.1) is 12.8 Å². The summed E-state index contributed by atoms with van der Waals surface area (Å²) in [6.07, 6.45) is 9.54. The Morgan fingerprint density at radius 2 is 1.95 bits per heavy atom. The van der Waals surface area contributed by atoms with Crippen LogP contribution in [0.1, 0.15) is 79.7 Å². The molecule has 104 valence electrons. The van der Waals surface area contributed by atoms with Crippen molar-refractivity contribution < 1.29 is 4.79 Å². The molecular weight excluding hydrogens is 234 g/mol. The number of aryl methyl sites for hydroxylation is 1. The first-order chi connectivity index (χ1) is 9.20. The van der Waals surface area contributed by atoms with Gasteiger partial charge in [-0.1, -0.05) is 13.3 Å². The van der Waals surface area contributed by atoms with Gasteiger partial charge in [0.25, 0.3) is 0 Å². The van der Waals surface area contributed by atoms with Crippen molar-refractivity contribution in [2.24, 2.45) is 5.92 Å². The highest BCUT2D eigenvalue weighted by Crippen LogP contribution is 2.37. The Hall–Kier alpha value is -1.05. The average molecular weight is 259 g/mol. The zero-order valence-corrected chi connectivity index (χ0v) is 12.2. The van der Waals surface area contributed by atoms with Crippen LogP contribution in [0.3, 0.4) is 0 Å². The van der Waals surface area contributed by atoms with Crippen LogP contribution in [-0.4, -0.2) is 10.4 Å². The third kappa shape index (κ3) is 2.26. The number of carbonyl (C=O) groups is 1. The van der Waals surface area contributed by atoms with Crippen molar-refractivity contribution in [3.63, 3.8) is 0 Å². The van der Waals surface area contributed by atoms with E-state index in [1.54, 1.807) is 0 Å². The third-order valence-corrected chi connectivity index (χ3v) is 5.21. The van der Waals surface area contributed by atoms with Gasteiger partial charge in [-0.05, 0) is 57.4 Å². The number of Topliss-reactive ketones (excluding diaryl/α,β-unsaturated/α-hetero) is 1. The highest BCUT2D eigenvalue weighted by molar-refractivity contribution is 5.98. The molecule has 0 atom stereocenters. The Balaban J connectivity index is 1.87. The summed E-state index contributed by atoms with van der Waals surface area (Å²) in [4.78, 5) is 12.0. The van der Waals surface area contributed by atoms with Gasteiger partial charge >= 0.3 is 0 Å². The number of hydrogen-bond acceptors (Lipinski definition) is 1. The second-order valence-electron chi connectivity index (χ2n) is 6.38. The highest BCUT2D eigenvalue weighted by Gasteiger charge is 2.28. The zero-order chi connectivity index (χ0) is 13.4. The van der Waals surface area contributed by atoms with E-state index in [0.717, 1.165) is 30.7 Å². The van der Waals surface area contributed by atoms with Crippen LogP contribution < -0.4 is 0 Å². The Morgan fingerprint density at radius 3 is 2.63 bits per heavy atom. The number of nitrogens with zero attached hydrogens (tertiary/aromatic N) is 1. The van der Waals surface area contributed by atoms with Crippen LogP contribution in [0.4, 0.5) is 0 Å². The lowest BCUT2D eigenvalue weighted by molar-refractivity contribution is 0.0971. The van der Waals surface area contributed by atoms with Gasteiger partial charge in [-0.15, -0.1) is 0 Å². The van der Waals surface area contributed by atoms with Gasteiger partial charge < -0.3 is 4.57 Å². The predicted octanol–water partition coefficient (Wildman–Crippen LogP) is 4.46. The summed E-state index contributed by atoms with van der Waals surface area (Å²) in [6.45, 7) is 4.49. The number of hydrogen-bond donors (Lipinski definition) is 0. The lowest BCUT2D eigenvalue weighted by atomic mass is 9.84. The van der Waals surface area contributed by atoms with Gasteiger partial charge in [0.2, 0.25) is 0 Å². The maximum absolute atomic E-state index is 12.0. The van der Waals surface area contributed by atoms with Gasteiger partial charge in [-0.2, -0.15) is 0 Å². The maximum Gasteiger partial charge on any atom is 0.164 e. The number of fused-ring (bicyclic) bond motifs is 1. The fraction of sp³-hybridized carbons (Fsp3) is 0.706. The molecule has 2 heteroatoms. The van der Waals surface area contributed by atoms with Crippen LogP contribution in [0.25, 0.3) is 0 Å². The van der Waals surface area contributed by atoms with Crippen LogP contribution in [0.15, 0.2) is 6.07 Å².